The summed E-state index contributed by atoms with van der Waals surface area (Å²) in [6.45, 7) is 4.36. The Hall–Kier alpha value is -3.88. The molecule has 0 spiro atoms. The van der Waals surface area contributed by atoms with E-state index in [9.17, 15) is 10.1 Å². The molecule has 1 aliphatic heterocycles. The lowest BCUT2D eigenvalue weighted by atomic mass is 9.96. The van der Waals surface area contributed by atoms with E-state index in [0.29, 0.717) is 18.1 Å². The number of hydrogen-bond donors (Lipinski definition) is 0. The minimum Gasteiger partial charge on any atom is -0.290 e. The predicted molar refractivity (Wildman–Crippen MR) is 130 cm³/mol. The van der Waals surface area contributed by atoms with E-state index in [1.54, 1.807) is 23.1 Å². The third-order valence-corrected chi connectivity index (χ3v) is 6.20. The van der Waals surface area contributed by atoms with Gasteiger partial charge in [-0.3, -0.25) is 19.9 Å². The van der Waals surface area contributed by atoms with Crippen LogP contribution in [0, 0.1) is 10.1 Å². The summed E-state index contributed by atoms with van der Waals surface area (Å²) in [4.78, 5) is 19.9. The van der Waals surface area contributed by atoms with Crippen LogP contribution < -0.4 is 0 Å². The second-order valence-corrected chi connectivity index (χ2v) is 8.43. The van der Waals surface area contributed by atoms with E-state index in [1.165, 1.54) is 23.3 Å². The van der Waals surface area contributed by atoms with Crippen LogP contribution in [0.4, 0.5) is 5.69 Å². The molecule has 1 saturated heterocycles. The van der Waals surface area contributed by atoms with Gasteiger partial charge in [-0.05, 0) is 11.1 Å². The molecule has 0 atom stereocenters. The highest BCUT2D eigenvalue weighted by atomic mass is 16.6. The van der Waals surface area contributed by atoms with Crippen molar-refractivity contribution >= 4 is 5.69 Å². The molecule has 1 aromatic heterocycles. The first-order chi connectivity index (χ1) is 16.7. The molecule has 172 valence electrons. The highest BCUT2D eigenvalue weighted by Crippen LogP contribution is 2.29. The number of nitrogens with zero attached hydrogens (tertiary/aromatic N) is 6. The zero-order chi connectivity index (χ0) is 23.3. The molecular weight excluding hydrogens is 428 g/mol. The van der Waals surface area contributed by atoms with Gasteiger partial charge in [0.15, 0.2) is 5.82 Å². The molecule has 0 N–H and O–H groups in total. The molecule has 0 radical (unpaired) electrons. The number of hydrogen-bond acceptors (Lipinski definition) is 6. The van der Waals surface area contributed by atoms with Gasteiger partial charge in [0.1, 0.15) is 6.33 Å². The van der Waals surface area contributed by atoms with Crippen LogP contribution in [0.25, 0.3) is 11.4 Å². The number of nitro benzene ring substituents is 1. The summed E-state index contributed by atoms with van der Waals surface area (Å²) in [5.41, 5.74) is 3.29. The van der Waals surface area contributed by atoms with E-state index in [1.807, 2.05) is 0 Å². The minimum absolute atomic E-state index is 0.0383. The number of nitro groups is 1. The first-order valence-corrected chi connectivity index (χ1v) is 11.4. The molecule has 0 saturated carbocycles. The van der Waals surface area contributed by atoms with Crippen LogP contribution in [0.2, 0.25) is 0 Å². The van der Waals surface area contributed by atoms with Crippen molar-refractivity contribution in [2.75, 3.05) is 26.2 Å². The van der Waals surface area contributed by atoms with Crippen molar-refractivity contribution in [3.05, 3.63) is 112 Å². The Morgan fingerprint density at radius 1 is 0.853 bits per heavy atom. The molecule has 4 aromatic rings. The van der Waals surface area contributed by atoms with E-state index in [-0.39, 0.29) is 11.7 Å². The summed E-state index contributed by atoms with van der Waals surface area (Å²) in [5.74, 6) is 0.496. The van der Waals surface area contributed by atoms with Crippen LogP contribution in [0.3, 0.4) is 0 Å². The van der Waals surface area contributed by atoms with Crippen molar-refractivity contribution in [3.8, 4) is 11.4 Å². The second kappa shape index (κ2) is 9.94. The molecule has 2 heterocycles. The monoisotopic (exact) mass is 454 g/mol. The Bertz CT molecular complexity index is 1200. The fourth-order valence-electron chi connectivity index (χ4n) is 4.51. The molecule has 8 nitrogen and oxygen atoms in total. The third kappa shape index (κ3) is 4.88. The summed E-state index contributed by atoms with van der Waals surface area (Å²) in [6.07, 6.45) is 1.69. The highest BCUT2D eigenvalue weighted by molar-refractivity contribution is 5.58. The maximum atomic E-state index is 11.1. The fraction of sp³-hybridized carbons (Fsp3) is 0.231. The summed E-state index contributed by atoms with van der Waals surface area (Å²) in [7, 11) is 0. The first kappa shape index (κ1) is 21.9. The number of benzene rings is 3. The highest BCUT2D eigenvalue weighted by Gasteiger charge is 2.26. The van der Waals surface area contributed by atoms with Crippen molar-refractivity contribution in [2.24, 2.45) is 0 Å². The predicted octanol–water partition coefficient (Wildman–Crippen LogP) is 4.22. The van der Waals surface area contributed by atoms with Crippen molar-refractivity contribution in [2.45, 2.75) is 12.7 Å². The topological polar surface area (TPSA) is 80.3 Å². The quantitative estimate of drug-likeness (QED) is 0.307. The van der Waals surface area contributed by atoms with Gasteiger partial charge in [0.05, 0.1) is 17.6 Å². The summed E-state index contributed by atoms with van der Waals surface area (Å²) >= 11 is 0. The third-order valence-electron chi connectivity index (χ3n) is 6.20. The maximum Gasteiger partial charge on any atom is 0.270 e. The Labute approximate surface area is 198 Å². The maximum absolute atomic E-state index is 11.1. The Kier molecular flexibility index (Phi) is 6.42. The number of non-ortho nitro benzene ring substituents is 1. The van der Waals surface area contributed by atoms with Gasteiger partial charge >= 0.3 is 0 Å². The van der Waals surface area contributed by atoms with Gasteiger partial charge in [-0.15, -0.1) is 5.10 Å². The molecule has 1 aliphatic rings. The van der Waals surface area contributed by atoms with Crippen molar-refractivity contribution < 1.29 is 4.92 Å². The number of piperazine rings is 1. The SMILES string of the molecule is O=[N+]([O-])c1cccc(-c2ncn(CN3CCN(C(c4ccccc4)c4ccccc4)CC3)n2)c1. The lowest BCUT2D eigenvalue weighted by molar-refractivity contribution is -0.384. The number of rotatable bonds is 7. The van der Waals surface area contributed by atoms with Gasteiger partial charge < -0.3 is 0 Å². The van der Waals surface area contributed by atoms with Crippen LogP contribution >= 0.6 is 0 Å². The normalized spacial score (nSPS) is 15.0. The fourth-order valence-corrected chi connectivity index (χ4v) is 4.51. The van der Waals surface area contributed by atoms with Gasteiger partial charge in [-0.2, -0.15) is 0 Å². The largest absolute Gasteiger partial charge is 0.290 e. The lowest BCUT2D eigenvalue weighted by Crippen LogP contribution is -2.48. The van der Waals surface area contributed by atoms with E-state index in [2.05, 4.69) is 80.5 Å². The van der Waals surface area contributed by atoms with Crippen LogP contribution in [0.15, 0.2) is 91.3 Å². The zero-order valence-electron chi connectivity index (χ0n) is 18.8. The zero-order valence-corrected chi connectivity index (χ0v) is 18.8. The van der Waals surface area contributed by atoms with E-state index < -0.39 is 4.92 Å². The summed E-state index contributed by atoms with van der Waals surface area (Å²) < 4.78 is 1.80. The molecular formula is C26H26N6O2. The molecule has 5 rings (SSSR count). The molecule has 0 aliphatic carbocycles. The van der Waals surface area contributed by atoms with Crippen LogP contribution in [-0.4, -0.2) is 55.7 Å². The Morgan fingerprint density at radius 2 is 1.50 bits per heavy atom. The molecule has 0 amide bonds. The standard InChI is InChI=1S/C26H26N6O2/c33-32(34)24-13-7-12-23(18-24)26-27-19-31(28-26)20-29-14-16-30(17-15-29)25(21-8-3-1-4-9-21)22-10-5-2-6-11-22/h1-13,18-19,25H,14-17,20H2. The molecule has 8 heteroatoms. The Morgan fingerprint density at radius 3 is 2.12 bits per heavy atom. The lowest BCUT2D eigenvalue weighted by Gasteiger charge is -2.39. The van der Waals surface area contributed by atoms with E-state index >= 15 is 0 Å². The summed E-state index contributed by atoms with van der Waals surface area (Å²) in [5, 5.41) is 15.6. The molecule has 34 heavy (non-hydrogen) atoms. The number of aromatic nitrogens is 3. The molecule has 0 bridgehead atoms. The second-order valence-electron chi connectivity index (χ2n) is 8.43. The van der Waals surface area contributed by atoms with Crippen molar-refractivity contribution in [3.63, 3.8) is 0 Å². The average Bonchev–Trinajstić information content (AvgIpc) is 3.35. The van der Waals surface area contributed by atoms with Crippen molar-refractivity contribution in [1.29, 1.82) is 0 Å². The van der Waals surface area contributed by atoms with Gasteiger partial charge in [-0.25, -0.2) is 9.67 Å². The minimum atomic E-state index is -0.405. The average molecular weight is 455 g/mol. The first-order valence-electron chi connectivity index (χ1n) is 11.4. The molecule has 1 fully saturated rings. The van der Waals surface area contributed by atoms with Gasteiger partial charge in [0, 0.05) is 43.9 Å². The van der Waals surface area contributed by atoms with Crippen LogP contribution in [0.5, 0.6) is 0 Å². The van der Waals surface area contributed by atoms with Gasteiger partial charge in [-0.1, -0.05) is 72.8 Å². The van der Waals surface area contributed by atoms with Crippen molar-refractivity contribution in [1.82, 2.24) is 24.6 Å². The molecule has 0 unspecified atom stereocenters. The Balaban J connectivity index is 1.25. The summed E-state index contributed by atoms with van der Waals surface area (Å²) in [6, 6.07) is 28.0. The van der Waals surface area contributed by atoms with Crippen LogP contribution in [0.1, 0.15) is 17.2 Å². The molecule has 3 aromatic carbocycles. The van der Waals surface area contributed by atoms with Gasteiger partial charge in [0.2, 0.25) is 0 Å². The van der Waals surface area contributed by atoms with E-state index in [4.69, 9.17) is 0 Å². The van der Waals surface area contributed by atoms with Gasteiger partial charge in [0.25, 0.3) is 5.69 Å². The van der Waals surface area contributed by atoms with Crippen LogP contribution in [-0.2, 0) is 6.67 Å². The van der Waals surface area contributed by atoms with E-state index in [0.717, 1.165) is 26.2 Å². The smallest absolute Gasteiger partial charge is 0.270 e.